The number of halogens is 1. The Morgan fingerprint density at radius 3 is 2.85 bits per heavy atom. The number of hydrogen-bond acceptors (Lipinski definition) is 3. The maximum absolute atomic E-state index is 4.38. The number of nitrogens with one attached hydrogen (secondary N) is 1. The van der Waals surface area contributed by atoms with E-state index in [1.807, 2.05) is 37.5 Å². The molecule has 3 nitrogen and oxygen atoms in total. The summed E-state index contributed by atoms with van der Waals surface area (Å²) in [5.41, 5.74) is 3.29. The molecule has 0 fully saturated rings. The van der Waals surface area contributed by atoms with Gasteiger partial charge in [0.2, 0.25) is 0 Å². The van der Waals surface area contributed by atoms with Gasteiger partial charge in [-0.3, -0.25) is 4.98 Å². The van der Waals surface area contributed by atoms with Gasteiger partial charge < -0.3 is 5.32 Å². The number of pyridine rings is 2. The molecule has 0 saturated carbocycles. The first kappa shape index (κ1) is 13.1. The molecule has 0 radical (unpaired) electrons. The molecule has 0 atom stereocenters. The molecule has 0 aliphatic carbocycles. The summed E-state index contributed by atoms with van der Waals surface area (Å²) in [5, 5.41) is 5.80. The minimum absolute atomic E-state index is 0.780. The first-order valence-electron chi connectivity index (χ1n) is 6.42. The molecule has 0 aliphatic heterocycles. The third-order valence-corrected chi connectivity index (χ3v) is 3.68. The van der Waals surface area contributed by atoms with Crippen LogP contribution < -0.4 is 5.32 Å². The number of fused-ring (bicyclic) bond motifs is 1. The van der Waals surface area contributed by atoms with Crippen molar-refractivity contribution < 1.29 is 0 Å². The predicted molar refractivity (Wildman–Crippen MR) is 85.7 cm³/mol. The minimum Gasteiger partial charge on any atom is -0.380 e. The fourth-order valence-electron chi connectivity index (χ4n) is 2.16. The Hall–Kier alpha value is -1.94. The van der Waals surface area contributed by atoms with Gasteiger partial charge in [-0.15, -0.1) is 0 Å². The van der Waals surface area contributed by atoms with Crippen molar-refractivity contribution in [1.29, 1.82) is 0 Å². The zero-order chi connectivity index (χ0) is 13.9. The van der Waals surface area contributed by atoms with Gasteiger partial charge in [-0.25, -0.2) is 4.98 Å². The summed E-state index contributed by atoms with van der Waals surface area (Å²) in [5.74, 6) is 0. The van der Waals surface area contributed by atoms with Crippen molar-refractivity contribution in [2.45, 2.75) is 13.5 Å². The summed E-state index contributed by atoms with van der Waals surface area (Å²) in [6, 6.07) is 12.4. The molecular weight excluding hydrogens is 314 g/mol. The van der Waals surface area contributed by atoms with E-state index in [2.05, 4.69) is 49.4 Å². The number of anilines is 1. The van der Waals surface area contributed by atoms with Gasteiger partial charge in [-0.1, -0.05) is 12.1 Å². The van der Waals surface area contributed by atoms with Crippen molar-refractivity contribution in [3.05, 3.63) is 64.7 Å². The molecule has 0 saturated heterocycles. The van der Waals surface area contributed by atoms with Crippen molar-refractivity contribution in [2.75, 3.05) is 5.32 Å². The van der Waals surface area contributed by atoms with Crippen LogP contribution in [0.5, 0.6) is 0 Å². The second-order valence-electron chi connectivity index (χ2n) is 4.68. The lowest BCUT2D eigenvalue weighted by Gasteiger charge is -2.10. The highest BCUT2D eigenvalue weighted by Gasteiger charge is 2.01. The van der Waals surface area contributed by atoms with E-state index in [9.17, 15) is 0 Å². The Morgan fingerprint density at radius 1 is 1.10 bits per heavy atom. The lowest BCUT2D eigenvalue weighted by atomic mass is 10.1. The van der Waals surface area contributed by atoms with Crippen LogP contribution in [0.4, 0.5) is 5.69 Å². The van der Waals surface area contributed by atoms with E-state index in [1.165, 1.54) is 10.9 Å². The summed E-state index contributed by atoms with van der Waals surface area (Å²) >= 11 is 3.37. The van der Waals surface area contributed by atoms with E-state index in [0.29, 0.717) is 0 Å². The maximum atomic E-state index is 4.38. The van der Waals surface area contributed by atoms with Crippen molar-refractivity contribution in [1.82, 2.24) is 9.97 Å². The highest BCUT2D eigenvalue weighted by Crippen LogP contribution is 2.19. The lowest BCUT2D eigenvalue weighted by molar-refractivity contribution is 1.10. The third-order valence-electron chi connectivity index (χ3n) is 3.24. The lowest BCUT2D eigenvalue weighted by Crippen LogP contribution is -2.02. The van der Waals surface area contributed by atoms with Crippen LogP contribution in [-0.2, 0) is 6.54 Å². The number of aryl methyl sites for hydroxylation is 1. The summed E-state index contributed by atoms with van der Waals surface area (Å²) in [4.78, 5) is 8.51. The molecule has 3 rings (SSSR count). The van der Waals surface area contributed by atoms with Gasteiger partial charge in [0.25, 0.3) is 0 Å². The van der Waals surface area contributed by atoms with Gasteiger partial charge in [0, 0.05) is 24.3 Å². The molecule has 20 heavy (non-hydrogen) atoms. The number of benzene rings is 1. The smallest absolute Gasteiger partial charge is 0.106 e. The van der Waals surface area contributed by atoms with Crippen LogP contribution in [0, 0.1) is 6.92 Å². The summed E-state index contributed by atoms with van der Waals surface area (Å²) in [7, 11) is 0. The van der Waals surface area contributed by atoms with Crippen molar-refractivity contribution in [2.24, 2.45) is 0 Å². The van der Waals surface area contributed by atoms with E-state index in [1.54, 1.807) is 0 Å². The first-order chi connectivity index (χ1) is 9.72. The number of rotatable bonds is 3. The number of nitrogens with zero attached hydrogens (tertiary/aromatic N) is 2. The van der Waals surface area contributed by atoms with Crippen LogP contribution in [-0.4, -0.2) is 9.97 Å². The normalized spacial score (nSPS) is 10.7. The van der Waals surface area contributed by atoms with Gasteiger partial charge in [0.1, 0.15) is 4.60 Å². The Balaban J connectivity index is 1.79. The Bertz CT molecular complexity index is 756. The van der Waals surface area contributed by atoms with Crippen LogP contribution in [0.3, 0.4) is 0 Å². The van der Waals surface area contributed by atoms with E-state index >= 15 is 0 Å². The molecule has 100 valence electrons. The van der Waals surface area contributed by atoms with Gasteiger partial charge >= 0.3 is 0 Å². The molecular formula is C16H14BrN3. The quantitative estimate of drug-likeness (QED) is 0.728. The largest absolute Gasteiger partial charge is 0.380 e. The van der Waals surface area contributed by atoms with Gasteiger partial charge in [-0.05, 0) is 58.1 Å². The van der Waals surface area contributed by atoms with Gasteiger partial charge in [-0.2, -0.15) is 0 Å². The van der Waals surface area contributed by atoms with E-state index in [0.717, 1.165) is 27.9 Å². The van der Waals surface area contributed by atoms with E-state index in [-0.39, 0.29) is 0 Å². The highest BCUT2D eigenvalue weighted by molar-refractivity contribution is 9.10. The highest BCUT2D eigenvalue weighted by atomic mass is 79.9. The predicted octanol–water partition coefficient (Wildman–Crippen LogP) is 4.31. The van der Waals surface area contributed by atoms with E-state index < -0.39 is 0 Å². The molecule has 2 heterocycles. The summed E-state index contributed by atoms with van der Waals surface area (Å²) < 4.78 is 0.860. The molecule has 4 heteroatoms. The fraction of sp³-hybridized carbons (Fsp3) is 0.125. The summed E-state index contributed by atoms with van der Waals surface area (Å²) in [6.45, 7) is 2.78. The van der Waals surface area contributed by atoms with E-state index in [4.69, 9.17) is 0 Å². The molecule has 3 aromatic rings. The van der Waals surface area contributed by atoms with Crippen LogP contribution in [0.25, 0.3) is 10.8 Å². The number of hydrogen-bond donors (Lipinski definition) is 1. The van der Waals surface area contributed by atoms with Crippen molar-refractivity contribution >= 4 is 32.4 Å². The van der Waals surface area contributed by atoms with Crippen LogP contribution in [0.2, 0.25) is 0 Å². The zero-order valence-electron chi connectivity index (χ0n) is 11.1. The average molecular weight is 328 g/mol. The summed E-state index contributed by atoms with van der Waals surface area (Å²) in [6.07, 6.45) is 3.71. The monoisotopic (exact) mass is 327 g/mol. The minimum atomic E-state index is 0.780. The molecule has 1 aromatic carbocycles. The van der Waals surface area contributed by atoms with Crippen molar-refractivity contribution in [3.63, 3.8) is 0 Å². The zero-order valence-corrected chi connectivity index (χ0v) is 12.7. The Morgan fingerprint density at radius 2 is 2.00 bits per heavy atom. The first-order valence-corrected chi connectivity index (χ1v) is 7.21. The topological polar surface area (TPSA) is 37.8 Å². The average Bonchev–Trinajstić information content (AvgIpc) is 2.46. The third kappa shape index (κ3) is 2.80. The number of aromatic nitrogens is 2. The van der Waals surface area contributed by atoms with Crippen LogP contribution in [0.15, 0.2) is 53.4 Å². The second-order valence-corrected chi connectivity index (χ2v) is 5.49. The standard InChI is InChI=1S/C16H14BrN3/c1-11-15(4-5-16(17)20-11)19-9-12-2-3-14-10-18-7-6-13(14)8-12/h2-8,10,19H,9H2,1H3. The molecule has 0 amide bonds. The van der Waals surface area contributed by atoms with Gasteiger partial charge in [0.05, 0.1) is 11.4 Å². The van der Waals surface area contributed by atoms with Crippen LogP contribution >= 0.6 is 15.9 Å². The maximum Gasteiger partial charge on any atom is 0.106 e. The van der Waals surface area contributed by atoms with Crippen molar-refractivity contribution in [3.8, 4) is 0 Å². The molecule has 0 aliphatic rings. The molecule has 2 aromatic heterocycles. The molecule has 0 bridgehead atoms. The molecule has 1 N–H and O–H groups in total. The fourth-order valence-corrected chi connectivity index (χ4v) is 2.56. The van der Waals surface area contributed by atoms with Gasteiger partial charge in [0.15, 0.2) is 0 Å². The molecule has 0 spiro atoms. The molecule has 0 unspecified atom stereocenters. The Kier molecular flexibility index (Phi) is 3.65. The second kappa shape index (κ2) is 5.59. The van der Waals surface area contributed by atoms with Crippen LogP contribution in [0.1, 0.15) is 11.3 Å². The Labute approximate surface area is 126 Å². The SMILES string of the molecule is Cc1nc(Br)ccc1NCc1ccc2cnccc2c1.